The second-order valence-electron chi connectivity index (χ2n) is 6.12. The fraction of sp³-hybridized carbons (Fsp3) is 0.333. The number of ether oxygens (including phenoxy) is 1. The third-order valence-corrected chi connectivity index (χ3v) is 4.39. The van der Waals surface area contributed by atoms with Crippen LogP contribution in [0.4, 0.5) is 0 Å². The van der Waals surface area contributed by atoms with Gasteiger partial charge >= 0.3 is 0 Å². The van der Waals surface area contributed by atoms with Gasteiger partial charge in [0.2, 0.25) is 0 Å². The maximum atomic E-state index is 11.5. The third kappa shape index (κ3) is 3.29. The Bertz CT molecular complexity index is 1240. The van der Waals surface area contributed by atoms with Crippen molar-refractivity contribution in [2.75, 3.05) is 6.61 Å². The first kappa shape index (κ1) is 18.9. The highest BCUT2D eigenvalue weighted by Gasteiger charge is 2.43. The number of nitrogens with zero attached hydrogens (tertiary/aromatic N) is 5. The first-order valence-electron chi connectivity index (χ1n) is 8.40. The second-order valence-corrected chi connectivity index (χ2v) is 6.12. The Morgan fingerprint density at radius 1 is 0.966 bits per heavy atom. The SMILES string of the molecule is O=c1[nH]cnc2c1ncn2[C@@H]1O[C@H](CO)[C@@H](O)[C@H]1O.O=c1[nH]cnc2nc[nH]c12. The van der Waals surface area contributed by atoms with Gasteiger partial charge in [-0.3, -0.25) is 14.2 Å². The number of aliphatic hydroxyl groups is 3. The van der Waals surface area contributed by atoms with Crippen molar-refractivity contribution in [1.29, 1.82) is 0 Å². The average Bonchev–Trinajstić information content (AvgIpc) is 3.42. The largest absolute Gasteiger partial charge is 0.394 e. The van der Waals surface area contributed by atoms with Crippen LogP contribution in [0.25, 0.3) is 22.3 Å². The monoisotopic (exact) mass is 404 g/mol. The minimum absolute atomic E-state index is 0.111. The number of aliphatic hydroxyl groups excluding tert-OH is 3. The van der Waals surface area contributed by atoms with Crippen molar-refractivity contribution in [2.24, 2.45) is 0 Å². The van der Waals surface area contributed by atoms with Gasteiger partial charge in [-0.1, -0.05) is 0 Å². The number of H-pyrrole nitrogens is 3. The standard InChI is InChI=1S/C10H12N4O5.C5H4N4O/c15-1-4-6(16)7(17)10(19-4)14-3-13-5-8(14)11-2-12-9(5)18;10-5-3-4(7-1-6-3)8-2-9-5/h2-4,6-7,10,15-17H,1H2,(H,11,12,18);1-2H,(H2,6,7,8,9,10)/t4-,6-,7-,10-;/m1./s1. The zero-order chi connectivity index (χ0) is 20.5. The number of rotatable bonds is 2. The predicted octanol–water partition coefficient (Wildman–Crippen LogP) is -2.62. The molecule has 14 heteroatoms. The number of hydrogen-bond donors (Lipinski definition) is 6. The zero-order valence-electron chi connectivity index (χ0n) is 14.6. The van der Waals surface area contributed by atoms with Gasteiger partial charge in [0.1, 0.15) is 18.3 Å². The summed E-state index contributed by atoms with van der Waals surface area (Å²) in [4.78, 5) is 45.3. The molecule has 0 spiro atoms. The molecule has 4 aromatic heterocycles. The van der Waals surface area contributed by atoms with Gasteiger partial charge in [0.05, 0.1) is 31.9 Å². The number of aromatic amines is 3. The van der Waals surface area contributed by atoms with Gasteiger partial charge in [-0.05, 0) is 0 Å². The van der Waals surface area contributed by atoms with Crippen molar-refractivity contribution < 1.29 is 20.1 Å². The topological polar surface area (TPSA) is 208 Å². The van der Waals surface area contributed by atoms with Crippen molar-refractivity contribution >= 4 is 22.3 Å². The Labute approximate surface area is 159 Å². The Hall–Kier alpha value is -3.46. The predicted molar refractivity (Wildman–Crippen MR) is 95.7 cm³/mol. The molecule has 152 valence electrons. The van der Waals surface area contributed by atoms with Crippen LogP contribution in [0.15, 0.2) is 34.9 Å². The lowest BCUT2D eigenvalue weighted by molar-refractivity contribution is -0.0511. The molecule has 1 aliphatic heterocycles. The van der Waals surface area contributed by atoms with E-state index in [1.807, 2.05) is 0 Å². The van der Waals surface area contributed by atoms with Crippen molar-refractivity contribution in [3.63, 3.8) is 0 Å². The van der Waals surface area contributed by atoms with Crippen LogP contribution in [0, 0.1) is 0 Å². The van der Waals surface area contributed by atoms with Crippen LogP contribution in [0.1, 0.15) is 6.23 Å². The van der Waals surface area contributed by atoms with Gasteiger partial charge in [0, 0.05) is 0 Å². The van der Waals surface area contributed by atoms with Gasteiger partial charge in [0.25, 0.3) is 11.1 Å². The molecule has 0 unspecified atom stereocenters. The molecule has 4 aromatic rings. The molecule has 1 saturated heterocycles. The smallest absolute Gasteiger partial charge is 0.278 e. The summed E-state index contributed by atoms with van der Waals surface area (Å²) in [5.74, 6) is 0. The van der Waals surface area contributed by atoms with Crippen LogP contribution in [0.3, 0.4) is 0 Å². The molecule has 6 N–H and O–H groups in total. The Balaban J connectivity index is 0.000000171. The molecule has 0 saturated carbocycles. The number of nitrogens with one attached hydrogen (secondary N) is 3. The number of fused-ring (bicyclic) bond motifs is 2. The van der Waals surface area contributed by atoms with Crippen LogP contribution in [-0.4, -0.2) is 79.7 Å². The van der Waals surface area contributed by atoms with Gasteiger partial charge in [0.15, 0.2) is 28.6 Å². The summed E-state index contributed by atoms with van der Waals surface area (Å²) in [5.41, 5.74) is 0.614. The van der Waals surface area contributed by atoms with Crippen molar-refractivity contribution in [2.45, 2.75) is 24.5 Å². The van der Waals surface area contributed by atoms with Crippen LogP contribution in [0.5, 0.6) is 0 Å². The first-order valence-corrected chi connectivity index (χ1v) is 8.40. The summed E-state index contributed by atoms with van der Waals surface area (Å²) in [5, 5.41) is 28.6. The quantitative estimate of drug-likeness (QED) is 0.205. The summed E-state index contributed by atoms with van der Waals surface area (Å²) in [6, 6.07) is 0. The van der Waals surface area contributed by atoms with E-state index in [0.717, 1.165) is 0 Å². The van der Waals surface area contributed by atoms with E-state index in [4.69, 9.17) is 9.84 Å². The lowest BCUT2D eigenvalue weighted by Gasteiger charge is -2.16. The molecule has 0 amide bonds. The van der Waals surface area contributed by atoms with Crippen molar-refractivity contribution in [3.8, 4) is 0 Å². The Kier molecular flexibility index (Phi) is 4.89. The van der Waals surface area contributed by atoms with Crippen LogP contribution in [-0.2, 0) is 4.74 Å². The molecule has 5 heterocycles. The summed E-state index contributed by atoms with van der Waals surface area (Å²) in [6.45, 7) is -0.421. The van der Waals surface area contributed by atoms with E-state index < -0.39 is 36.7 Å². The molecule has 0 radical (unpaired) electrons. The molecular weight excluding hydrogens is 388 g/mol. The fourth-order valence-corrected chi connectivity index (χ4v) is 2.94. The molecule has 1 aliphatic rings. The lowest BCUT2D eigenvalue weighted by Crippen LogP contribution is -2.33. The maximum absolute atomic E-state index is 11.5. The highest BCUT2D eigenvalue weighted by molar-refractivity contribution is 5.69. The van der Waals surface area contributed by atoms with Gasteiger partial charge in [-0.25, -0.2) is 19.9 Å². The summed E-state index contributed by atoms with van der Waals surface area (Å²) in [7, 11) is 0. The van der Waals surface area contributed by atoms with E-state index in [9.17, 15) is 19.8 Å². The average molecular weight is 404 g/mol. The van der Waals surface area contributed by atoms with E-state index in [1.54, 1.807) is 0 Å². The molecule has 14 nitrogen and oxygen atoms in total. The second kappa shape index (κ2) is 7.51. The summed E-state index contributed by atoms with van der Waals surface area (Å²) < 4.78 is 6.70. The van der Waals surface area contributed by atoms with E-state index in [2.05, 4.69) is 34.9 Å². The minimum Gasteiger partial charge on any atom is -0.394 e. The molecule has 29 heavy (non-hydrogen) atoms. The van der Waals surface area contributed by atoms with Crippen LogP contribution < -0.4 is 11.1 Å². The number of hydrogen-bond acceptors (Lipinski definition) is 10. The van der Waals surface area contributed by atoms with Gasteiger partial charge in [-0.2, -0.15) is 0 Å². The molecular formula is C15H16N8O6. The molecule has 4 atom stereocenters. The molecule has 1 fully saturated rings. The minimum atomic E-state index is -1.24. The van der Waals surface area contributed by atoms with E-state index in [-0.39, 0.29) is 16.7 Å². The first-order chi connectivity index (χ1) is 14.0. The van der Waals surface area contributed by atoms with Crippen molar-refractivity contribution in [1.82, 2.24) is 39.5 Å². The van der Waals surface area contributed by atoms with Crippen molar-refractivity contribution in [3.05, 3.63) is 46.0 Å². The van der Waals surface area contributed by atoms with Gasteiger partial charge < -0.3 is 35.0 Å². The summed E-state index contributed by atoms with van der Waals surface area (Å²) in [6.07, 6.45) is 0.978. The van der Waals surface area contributed by atoms with E-state index in [1.165, 1.54) is 29.9 Å². The number of imidazole rings is 2. The van der Waals surface area contributed by atoms with Crippen LogP contribution >= 0.6 is 0 Å². The molecule has 5 rings (SSSR count). The highest BCUT2D eigenvalue weighted by Crippen LogP contribution is 2.30. The van der Waals surface area contributed by atoms with Crippen LogP contribution in [0.2, 0.25) is 0 Å². The third-order valence-electron chi connectivity index (χ3n) is 4.39. The van der Waals surface area contributed by atoms with E-state index in [0.29, 0.717) is 11.2 Å². The lowest BCUT2D eigenvalue weighted by atomic mass is 10.1. The highest BCUT2D eigenvalue weighted by atomic mass is 16.6. The fourth-order valence-electron chi connectivity index (χ4n) is 2.94. The molecule has 0 aromatic carbocycles. The zero-order valence-corrected chi connectivity index (χ0v) is 14.6. The van der Waals surface area contributed by atoms with E-state index >= 15 is 0 Å². The normalized spacial score (nSPS) is 24.0. The Morgan fingerprint density at radius 2 is 1.66 bits per heavy atom. The summed E-state index contributed by atoms with van der Waals surface area (Å²) >= 11 is 0. The maximum Gasteiger partial charge on any atom is 0.278 e. The molecule has 0 aliphatic carbocycles. The number of aromatic nitrogens is 8. The van der Waals surface area contributed by atoms with Gasteiger partial charge in [-0.15, -0.1) is 0 Å². The molecule has 0 bridgehead atoms. The Morgan fingerprint density at radius 3 is 2.34 bits per heavy atom.